The van der Waals surface area contributed by atoms with Crippen molar-refractivity contribution in [3.8, 4) is 0 Å². The highest BCUT2D eigenvalue weighted by atomic mass is 16.2. The first kappa shape index (κ1) is 14.9. The van der Waals surface area contributed by atoms with Crippen molar-refractivity contribution in [3.63, 3.8) is 0 Å². The van der Waals surface area contributed by atoms with Crippen molar-refractivity contribution < 1.29 is 5.11 Å². The summed E-state index contributed by atoms with van der Waals surface area (Å²) < 4.78 is 2.30. The second-order valence-electron chi connectivity index (χ2n) is 6.52. The van der Waals surface area contributed by atoms with Crippen molar-refractivity contribution in [2.24, 2.45) is 0 Å². The van der Waals surface area contributed by atoms with Crippen molar-refractivity contribution in [2.75, 3.05) is 12.3 Å². The third-order valence-corrected chi connectivity index (χ3v) is 3.61. The molecule has 0 radical (unpaired) electrons. The lowest BCUT2D eigenvalue weighted by Crippen LogP contribution is -2.21. The fraction of sp³-hybridized carbons (Fsp3) is 0.562. The van der Waals surface area contributed by atoms with Gasteiger partial charge in [0, 0.05) is 23.8 Å². The molecule has 0 aliphatic heterocycles. The van der Waals surface area contributed by atoms with Crippen molar-refractivity contribution in [2.45, 2.75) is 52.0 Å². The van der Waals surface area contributed by atoms with Gasteiger partial charge >= 0.3 is 0 Å². The lowest BCUT2D eigenvalue weighted by Gasteiger charge is -2.24. The van der Waals surface area contributed by atoms with Gasteiger partial charge in [-0.1, -0.05) is 20.8 Å². The quantitative estimate of drug-likeness (QED) is 0.842. The van der Waals surface area contributed by atoms with Gasteiger partial charge in [-0.15, -0.1) is 0 Å². The van der Waals surface area contributed by atoms with Crippen LogP contribution in [0.2, 0.25) is 0 Å². The fourth-order valence-corrected chi connectivity index (χ4v) is 2.61. The Bertz CT molecular complexity index is 596. The summed E-state index contributed by atoms with van der Waals surface area (Å²) in [5.41, 5.74) is 8.65. The predicted molar refractivity (Wildman–Crippen MR) is 83.9 cm³/mol. The zero-order chi connectivity index (χ0) is 14.9. The van der Waals surface area contributed by atoms with Crippen LogP contribution in [-0.4, -0.2) is 21.3 Å². The Morgan fingerprint density at radius 3 is 2.65 bits per heavy atom. The first-order valence-electron chi connectivity index (χ1n) is 7.23. The number of aromatic nitrogens is 2. The minimum atomic E-state index is -0.0265. The summed E-state index contributed by atoms with van der Waals surface area (Å²) in [4.78, 5) is 4.79. The van der Waals surface area contributed by atoms with Crippen molar-refractivity contribution in [3.05, 3.63) is 24.0 Å². The molecule has 0 saturated carbocycles. The SMILES string of the molecule is CC(CCCO)n1c(C(C)(C)C)nc2cc(N)ccc21. The smallest absolute Gasteiger partial charge is 0.115 e. The summed E-state index contributed by atoms with van der Waals surface area (Å²) in [7, 11) is 0. The molecule has 110 valence electrons. The standard InChI is InChI=1S/C16H25N3O/c1-11(6-5-9-20)19-14-8-7-12(17)10-13(14)18-15(19)16(2,3)4/h7-8,10-11,20H,5-6,9,17H2,1-4H3. The van der Waals surface area contributed by atoms with E-state index in [0.717, 1.165) is 35.4 Å². The summed E-state index contributed by atoms with van der Waals surface area (Å²) in [6.45, 7) is 8.93. The van der Waals surface area contributed by atoms with Crippen LogP contribution in [0, 0.1) is 0 Å². The summed E-state index contributed by atoms with van der Waals surface area (Å²) in [5, 5.41) is 9.05. The third-order valence-electron chi connectivity index (χ3n) is 3.61. The lowest BCUT2D eigenvalue weighted by atomic mass is 9.95. The number of nitrogens with two attached hydrogens (primary N) is 1. The molecule has 1 atom stereocenters. The van der Waals surface area contributed by atoms with Gasteiger partial charge in [0.1, 0.15) is 5.82 Å². The highest BCUT2D eigenvalue weighted by molar-refractivity contribution is 5.80. The molecule has 4 nitrogen and oxygen atoms in total. The van der Waals surface area contributed by atoms with Gasteiger partial charge in [0.25, 0.3) is 0 Å². The summed E-state index contributed by atoms with van der Waals surface area (Å²) >= 11 is 0. The van der Waals surface area contributed by atoms with Gasteiger partial charge in [-0.25, -0.2) is 4.98 Å². The molecule has 1 aromatic carbocycles. The van der Waals surface area contributed by atoms with Gasteiger partial charge in [-0.3, -0.25) is 0 Å². The van der Waals surface area contributed by atoms with Crippen LogP contribution in [0.5, 0.6) is 0 Å². The van der Waals surface area contributed by atoms with Gasteiger partial charge in [-0.05, 0) is 38.0 Å². The first-order chi connectivity index (χ1) is 9.34. The molecule has 0 bridgehead atoms. The van der Waals surface area contributed by atoms with Crippen LogP contribution in [0.25, 0.3) is 11.0 Å². The monoisotopic (exact) mass is 275 g/mol. The molecule has 1 unspecified atom stereocenters. The van der Waals surface area contributed by atoms with E-state index in [0.29, 0.717) is 6.04 Å². The van der Waals surface area contributed by atoms with E-state index in [1.807, 2.05) is 18.2 Å². The lowest BCUT2D eigenvalue weighted by molar-refractivity contribution is 0.272. The molecule has 0 fully saturated rings. The Morgan fingerprint density at radius 1 is 1.35 bits per heavy atom. The molecule has 2 rings (SSSR count). The number of nitrogens with zero attached hydrogens (tertiary/aromatic N) is 2. The van der Waals surface area contributed by atoms with E-state index in [-0.39, 0.29) is 12.0 Å². The molecule has 4 heteroatoms. The van der Waals surface area contributed by atoms with E-state index in [9.17, 15) is 0 Å². The van der Waals surface area contributed by atoms with Crippen molar-refractivity contribution in [1.29, 1.82) is 0 Å². The molecule has 1 aromatic heterocycles. The number of benzene rings is 1. The maximum absolute atomic E-state index is 9.05. The van der Waals surface area contributed by atoms with Crippen LogP contribution in [0.15, 0.2) is 18.2 Å². The predicted octanol–water partition coefficient (Wildman–Crippen LogP) is 3.25. The number of anilines is 1. The van der Waals surface area contributed by atoms with Crippen LogP contribution >= 0.6 is 0 Å². The van der Waals surface area contributed by atoms with E-state index in [4.69, 9.17) is 15.8 Å². The van der Waals surface area contributed by atoms with Crippen LogP contribution in [0.4, 0.5) is 5.69 Å². The number of fused-ring (bicyclic) bond motifs is 1. The number of imidazole rings is 1. The number of aliphatic hydroxyl groups is 1. The number of aliphatic hydroxyl groups excluding tert-OH is 1. The largest absolute Gasteiger partial charge is 0.399 e. The van der Waals surface area contributed by atoms with Crippen LogP contribution < -0.4 is 5.73 Å². The average Bonchev–Trinajstić information content (AvgIpc) is 2.74. The zero-order valence-corrected chi connectivity index (χ0v) is 12.8. The van der Waals surface area contributed by atoms with E-state index >= 15 is 0 Å². The maximum Gasteiger partial charge on any atom is 0.115 e. The molecule has 2 aromatic rings. The Hall–Kier alpha value is -1.55. The van der Waals surface area contributed by atoms with Gasteiger partial charge < -0.3 is 15.4 Å². The molecule has 0 saturated heterocycles. The van der Waals surface area contributed by atoms with E-state index in [2.05, 4.69) is 32.3 Å². The minimum Gasteiger partial charge on any atom is -0.399 e. The number of hydrogen-bond acceptors (Lipinski definition) is 3. The number of nitrogen functional groups attached to an aromatic ring is 1. The highest BCUT2D eigenvalue weighted by Gasteiger charge is 2.25. The second-order valence-corrected chi connectivity index (χ2v) is 6.52. The molecule has 0 aliphatic carbocycles. The van der Waals surface area contributed by atoms with Crippen LogP contribution in [0.1, 0.15) is 52.4 Å². The number of rotatable bonds is 4. The highest BCUT2D eigenvalue weighted by Crippen LogP contribution is 2.31. The molecule has 20 heavy (non-hydrogen) atoms. The molecule has 3 N–H and O–H groups in total. The van der Waals surface area contributed by atoms with E-state index in [1.165, 1.54) is 0 Å². The molecule has 0 amide bonds. The minimum absolute atomic E-state index is 0.0265. The summed E-state index contributed by atoms with van der Waals surface area (Å²) in [6.07, 6.45) is 1.74. The van der Waals surface area contributed by atoms with Crippen LogP contribution in [0.3, 0.4) is 0 Å². The summed E-state index contributed by atoms with van der Waals surface area (Å²) in [5.74, 6) is 1.07. The number of hydrogen-bond donors (Lipinski definition) is 2. The average molecular weight is 275 g/mol. The molecule has 0 aliphatic rings. The third kappa shape index (κ3) is 2.80. The van der Waals surface area contributed by atoms with E-state index < -0.39 is 0 Å². The Morgan fingerprint density at radius 2 is 2.05 bits per heavy atom. The van der Waals surface area contributed by atoms with Gasteiger partial charge in [0.05, 0.1) is 11.0 Å². The Kier molecular flexibility index (Phi) is 4.04. The summed E-state index contributed by atoms with van der Waals surface area (Å²) in [6, 6.07) is 6.21. The molecular weight excluding hydrogens is 250 g/mol. The van der Waals surface area contributed by atoms with Gasteiger partial charge in [0.2, 0.25) is 0 Å². The van der Waals surface area contributed by atoms with Crippen LogP contribution in [-0.2, 0) is 5.41 Å². The Labute approximate surface area is 120 Å². The van der Waals surface area contributed by atoms with E-state index in [1.54, 1.807) is 0 Å². The Balaban J connectivity index is 2.58. The van der Waals surface area contributed by atoms with Gasteiger partial charge in [0.15, 0.2) is 0 Å². The van der Waals surface area contributed by atoms with Crippen molar-refractivity contribution >= 4 is 16.7 Å². The maximum atomic E-state index is 9.05. The molecular formula is C16H25N3O. The van der Waals surface area contributed by atoms with Crippen molar-refractivity contribution in [1.82, 2.24) is 9.55 Å². The first-order valence-corrected chi connectivity index (χ1v) is 7.23. The molecule has 1 heterocycles. The fourth-order valence-electron chi connectivity index (χ4n) is 2.61. The molecule has 0 spiro atoms. The van der Waals surface area contributed by atoms with Gasteiger partial charge in [-0.2, -0.15) is 0 Å². The second kappa shape index (κ2) is 5.44. The topological polar surface area (TPSA) is 64.1 Å². The normalized spacial score (nSPS) is 13.8. The zero-order valence-electron chi connectivity index (χ0n) is 12.8.